The van der Waals surface area contributed by atoms with Crippen LogP contribution in [0.4, 0.5) is 0 Å². The molecular formula is C16H17NO4S. The maximum atomic E-state index is 11.1. The van der Waals surface area contributed by atoms with E-state index >= 15 is 0 Å². The van der Waals surface area contributed by atoms with Crippen LogP contribution >= 0.6 is 11.3 Å². The van der Waals surface area contributed by atoms with E-state index in [1.54, 1.807) is 36.7 Å². The van der Waals surface area contributed by atoms with E-state index in [4.69, 9.17) is 9.47 Å². The largest absolute Gasteiger partial charge is 0.493 e. The second-order valence-electron chi connectivity index (χ2n) is 4.41. The number of nitrogens with zero attached hydrogens (tertiary/aromatic N) is 1. The van der Waals surface area contributed by atoms with E-state index < -0.39 is 5.97 Å². The van der Waals surface area contributed by atoms with E-state index in [-0.39, 0.29) is 0 Å². The van der Waals surface area contributed by atoms with Gasteiger partial charge in [0.2, 0.25) is 0 Å². The summed E-state index contributed by atoms with van der Waals surface area (Å²) < 4.78 is 15.6. The standard InChI is InChI=1S/C16H17NO4S/c1-11-17-13(10-22-11)9-21-14-6-4-12(8-15(14)19-2)5-7-16(18)20-3/h4-8,10H,9H2,1-3H3. The number of hydrogen-bond donors (Lipinski definition) is 0. The zero-order chi connectivity index (χ0) is 15.9. The molecule has 1 heterocycles. The fourth-order valence-electron chi connectivity index (χ4n) is 1.77. The van der Waals surface area contributed by atoms with Gasteiger partial charge in [0.15, 0.2) is 11.5 Å². The van der Waals surface area contributed by atoms with Crippen molar-refractivity contribution < 1.29 is 19.0 Å². The Labute approximate surface area is 133 Å². The highest BCUT2D eigenvalue weighted by molar-refractivity contribution is 7.09. The van der Waals surface area contributed by atoms with E-state index in [2.05, 4.69) is 9.72 Å². The summed E-state index contributed by atoms with van der Waals surface area (Å²) in [4.78, 5) is 15.4. The summed E-state index contributed by atoms with van der Waals surface area (Å²) in [7, 11) is 2.91. The first-order valence-electron chi connectivity index (χ1n) is 6.60. The molecule has 0 N–H and O–H groups in total. The van der Waals surface area contributed by atoms with Crippen LogP contribution in [0, 0.1) is 6.92 Å². The van der Waals surface area contributed by atoms with Gasteiger partial charge in [-0.1, -0.05) is 6.07 Å². The van der Waals surface area contributed by atoms with E-state index in [9.17, 15) is 4.79 Å². The Morgan fingerprint density at radius 2 is 2.14 bits per heavy atom. The molecule has 22 heavy (non-hydrogen) atoms. The van der Waals surface area contributed by atoms with Gasteiger partial charge >= 0.3 is 5.97 Å². The number of aryl methyl sites for hydroxylation is 1. The zero-order valence-corrected chi connectivity index (χ0v) is 13.5. The highest BCUT2D eigenvalue weighted by Crippen LogP contribution is 2.29. The van der Waals surface area contributed by atoms with Gasteiger partial charge in [0, 0.05) is 11.5 Å². The predicted molar refractivity (Wildman–Crippen MR) is 85.2 cm³/mol. The Bertz CT molecular complexity index is 679. The van der Waals surface area contributed by atoms with Crippen molar-refractivity contribution in [2.45, 2.75) is 13.5 Å². The van der Waals surface area contributed by atoms with Gasteiger partial charge < -0.3 is 14.2 Å². The van der Waals surface area contributed by atoms with Crippen LogP contribution in [0.2, 0.25) is 0 Å². The number of rotatable bonds is 6. The third kappa shape index (κ3) is 4.33. The Morgan fingerprint density at radius 1 is 1.32 bits per heavy atom. The number of thiazole rings is 1. The maximum Gasteiger partial charge on any atom is 0.330 e. The topological polar surface area (TPSA) is 57.7 Å². The SMILES string of the molecule is COC(=O)C=Cc1ccc(OCc2csc(C)n2)c(OC)c1. The second-order valence-corrected chi connectivity index (χ2v) is 5.48. The molecule has 0 aliphatic heterocycles. The van der Waals surface area contributed by atoms with Gasteiger partial charge in [-0.15, -0.1) is 11.3 Å². The van der Waals surface area contributed by atoms with Crippen LogP contribution in [0.15, 0.2) is 29.7 Å². The Morgan fingerprint density at radius 3 is 2.77 bits per heavy atom. The van der Waals surface area contributed by atoms with Crippen molar-refractivity contribution in [2.24, 2.45) is 0 Å². The average Bonchev–Trinajstić information content (AvgIpc) is 2.96. The van der Waals surface area contributed by atoms with Gasteiger partial charge in [0.25, 0.3) is 0 Å². The molecule has 0 aliphatic rings. The van der Waals surface area contributed by atoms with E-state index in [1.165, 1.54) is 13.2 Å². The van der Waals surface area contributed by atoms with Gasteiger partial charge in [0.1, 0.15) is 6.61 Å². The molecule has 1 aromatic carbocycles. The first-order chi connectivity index (χ1) is 10.6. The van der Waals surface area contributed by atoms with E-state index in [0.717, 1.165) is 16.3 Å². The Hall–Kier alpha value is -2.34. The minimum atomic E-state index is -0.404. The van der Waals surface area contributed by atoms with Crippen LogP contribution in [-0.4, -0.2) is 25.2 Å². The molecule has 0 radical (unpaired) electrons. The van der Waals surface area contributed by atoms with Gasteiger partial charge in [0.05, 0.1) is 24.9 Å². The molecule has 0 atom stereocenters. The van der Waals surface area contributed by atoms with Crippen LogP contribution in [-0.2, 0) is 16.1 Å². The highest BCUT2D eigenvalue weighted by Gasteiger charge is 2.07. The van der Waals surface area contributed by atoms with Crippen LogP contribution < -0.4 is 9.47 Å². The van der Waals surface area contributed by atoms with Crippen LogP contribution in [0.1, 0.15) is 16.3 Å². The first kappa shape index (κ1) is 16.0. The number of hydrogen-bond acceptors (Lipinski definition) is 6. The number of carbonyl (C=O) groups excluding carboxylic acids is 1. The summed E-state index contributed by atoms with van der Waals surface area (Å²) in [6.07, 6.45) is 3.01. The molecule has 0 spiro atoms. The predicted octanol–water partition coefficient (Wildman–Crippen LogP) is 3.23. The molecule has 2 aromatic rings. The molecule has 0 bridgehead atoms. The number of carbonyl (C=O) groups is 1. The normalized spacial score (nSPS) is 10.7. The van der Waals surface area contributed by atoms with Crippen LogP contribution in [0.3, 0.4) is 0 Å². The quantitative estimate of drug-likeness (QED) is 0.604. The van der Waals surface area contributed by atoms with Crippen LogP contribution in [0.25, 0.3) is 6.08 Å². The number of benzene rings is 1. The number of methoxy groups -OCH3 is 2. The third-order valence-corrected chi connectivity index (χ3v) is 3.67. The minimum Gasteiger partial charge on any atom is -0.493 e. The summed E-state index contributed by atoms with van der Waals surface area (Å²) in [5.74, 6) is 0.820. The van der Waals surface area contributed by atoms with Crippen molar-refractivity contribution in [1.29, 1.82) is 0 Å². The zero-order valence-electron chi connectivity index (χ0n) is 12.7. The second kappa shape index (κ2) is 7.61. The van der Waals surface area contributed by atoms with Crippen molar-refractivity contribution in [3.63, 3.8) is 0 Å². The molecule has 1 aromatic heterocycles. The molecule has 0 saturated carbocycles. The molecule has 2 rings (SSSR count). The summed E-state index contributed by atoms with van der Waals surface area (Å²) in [6.45, 7) is 2.34. The first-order valence-corrected chi connectivity index (χ1v) is 7.48. The van der Waals surface area contributed by atoms with Gasteiger partial charge in [-0.25, -0.2) is 9.78 Å². The summed E-state index contributed by atoms with van der Waals surface area (Å²) in [5.41, 5.74) is 1.71. The molecule has 0 fully saturated rings. The van der Waals surface area contributed by atoms with Gasteiger partial charge in [-0.2, -0.15) is 0 Å². The average molecular weight is 319 g/mol. The molecule has 116 valence electrons. The number of aromatic nitrogens is 1. The maximum absolute atomic E-state index is 11.1. The van der Waals surface area contributed by atoms with Crippen molar-refractivity contribution in [1.82, 2.24) is 4.98 Å². The number of ether oxygens (including phenoxy) is 3. The lowest BCUT2D eigenvalue weighted by molar-refractivity contribution is -0.134. The van der Waals surface area contributed by atoms with Crippen molar-refractivity contribution in [3.8, 4) is 11.5 Å². The van der Waals surface area contributed by atoms with Crippen molar-refractivity contribution >= 4 is 23.4 Å². The number of esters is 1. The summed E-state index contributed by atoms with van der Waals surface area (Å²) in [5, 5.41) is 2.98. The van der Waals surface area contributed by atoms with Gasteiger partial charge in [-0.05, 0) is 30.7 Å². The van der Waals surface area contributed by atoms with Crippen molar-refractivity contribution in [2.75, 3.05) is 14.2 Å². The van der Waals surface area contributed by atoms with E-state index in [1.807, 2.05) is 18.4 Å². The smallest absolute Gasteiger partial charge is 0.330 e. The molecule has 0 amide bonds. The lowest BCUT2D eigenvalue weighted by Crippen LogP contribution is -1.98. The Kier molecular flexibility index (Phi) is 5.55. The van der Waals surface area contributed by atoms with Crippen LogP contribution in [0.5, 0.6) is 11.5 Å². The lowest BCUT2D eigenvalue weighted by atomic mass is 10.2. The molecular weight excluding hydrogens is 302 g/mol. The molecule has 0 unspecified atom stereocenters. The van der Waals surface area contributed by atoms with Gasteiger partial charge in [-0.3, -0.25) is 0 Å². The highest BCUT2D eigenvalue weighted by atomic mass is 32.1. The fourth-order valence-corrected chi connectivity index (χ4v) is 2.36. The third-order valence-electron chi connectivity index (χ3n) is 2.84. The summed E-state index contributed by atoms with van der Waals surface area (Å²) in [6, 6.07) is 5.43. The molecule has 0 aliphatic carbocycles. The fraction of sp³-hybridized carbons (Fsp3) is 0.250. The summed E-state index contributed by atoms with van der Waals surface area (Å²) >= 11 is 1.59. The molecule has 6 heteroatoms. The molecule has 5 nitrogen and oxygen atoms in total. The molecule has 0 saturated heterocycles. The lowest BCUT2D eigenvalue weighted by Gasteiger charge is -2.10. The monoisotopic (exact) mass is 319 g/mol. The Balaban J connectivity index is 2.08. The van der Waals surface area contributed by atoms with Crippen molar-refractivity contribution in [3.05, 3.63) is 45.9 Å². The minimum absolute atomic E-state index is 0.387. The van der Waals surface area contributed by atoms with E-state index in [0.29, 0.717) is 18.1 Å².